The highest BCUT2D eigenvalue weighted by Crippen LogP contribution is 2.38. The highest BCUT2D eigenvalue weighted by Gasteiger charge is 2.27. The van der Waals surface area contributed by atoms with Crippen molar-refractivity contribution in [3.05, 3.63) is 127 Å². The highest BCUT2D eigenvalue weighted by molar-refractivity contribution is 6.42. The van der Waals surface area contributed by atoms with Gasteiger partial charge in [0.05, 0.1) is 43.9 Å². The zero-order valence-electron chi connectivity index (χ0n) is 28.8. The summed E-state index contributed by atoms with van der Waals surface area (Å²) in [7, 11) is 0. The number of halogens is 5. The van der Waals surface area contributed by atoms with E-state index in [-0.39, 0.29) is 0 Å². The minimum absolute atomic E-state index is 0.535. The molecule has 0 N–H and O–H groups in total. The van der Waals surface area contributed by atoms with Gasteiger partial charge in [0.1, 0.15) is 0 Å². The lowest BCUT2D eigenvalue weighted by atomic mass is 9.84. The Kier molecular flexibility index (Phi) is 12.3. The van der Waals surface area contributed by atoms with E-state index in [4.69, 9.17) is 63.1 Å². The van der Waals surface area contributed by atoms with E-state index in [1.807, 2.05) is 47.3 Å². The smallest absolute Gasteiger partial charge is 0.0664 e. The molecular weight excluding hydrogens is 740 g/mol. The molecule has 10 heteroatoms. The fraction of sp³-hybridized carbons (Fsp3) is 0.415. The summed E-state index contributed by atoms with van der Waals surface area (Å²) in [5, 5.41) is 11.6. The number of likely N-dealkylation sites (tertiary alicyclic amines) is 1. The van der Waals surface area contributed by atoms with Crippen LogP contribution in [0.3, 0.4) is 0 Å². The van der Waals surface area contributed by atoms with Gasteiger partial charge in [-0.05, 0) is 155 Å². The van der Waals surface area contributed by atoms with E-state index in [1.165, 1.54) is 92.7 Å². The van der Waals surface area contributed by atoms with Crippen molar-refractivity contribution in [2.75, 3.05) is 25.5 Å². The molecule has 0 radical (unpaired) electrons. The molecule has 2 unspecified atom stereocenters. The lowest BCUT2D eigenvalue weighted by molar-refractivity contribution is 0.203. The first-order valence-electron chi connectivity index (χ1n) is 18.3. The van der Waals surface area contributed by atoms with E-state index in [1.54, 1.807) is 0 Å². The SMILES string of the molecule is ClCCC1CCCc2c1cnn2-c1ccc(Cl)c(Cl)c1.Clc1ccc(-n2ncc3c2CCCC3CCN2CCC(c3ccccc3)CC2)cc1Cl. The molecule has 3 aromatic carbocycles. The van der Waals surface area contributed by atoms with Gasteiger partial charge < -0.3 is 4.90 Å². The maximum atomic E-state index is 6.25. The van der Waals surface area contributed by atoms with Crippen LogP contribution in [0.4, 0.5) is 0 Å². The average Bonchev–Trinajstić information content (AvgIpc) is 3.80. The number of aromatic nitrogens is 4. The second kappa shape index (κ2) is 17.1. The Labute approximate surface area is 326 Å². The van der Waals surface area contributed by atoms with Crippen LogP contribution in [0.5, 0.6) is 0 Å². The molecule has 5 aromatic rings. The molecule has 3 heterocycles. The highest BCUT2D eigenvalue weighted by atomic mass is 35.5. The predicted molar refractivity (Wildman–Crippen MR) is 213 cm³/mol. The molecule has 8 rings (SSSR count). The van der Waals surface area contributed by atoms with E-state index in [9.17, 15) is 0 Å². The van der Waals surface area contributed by atoms with E-state index < -0.39 is 0 Å². The standard InChI is InChI=1S/C26H29Cl2N3.C15H15Cl3N2/c27-24-10-9-22(17-25(24)28)31-26-8-4-7-21(23(26)18-29-31)13-16-30-14-11-20(12-15-30)19-5-2-1-3-6-19;16-7-6-10-2-1-3-15-12(10)9-19-20(15)11-4-5-13(17)14(18)8-11/h1-3,5-6,9-10,17-18,20-21H,4,7-8,11-16H2;4-5,8-10H,1-3,6-7H2. The van der Waals surface area contributed by atoms with Gasteiger partial charge in [-0.15, -0.1) is 11.6 Å². The summed E-state index contributed by atoms with van der Waals surface area (Å²) in [6.45, 7) is 3.60. The number of fused-ring (bicyclic) bond motifs is 2. The molecule has 0 bridgehead atoms. The van der Waals surface area contributed by atoms with Gasteiger partial charge in [0.2, 0.25) is 0 Å². The molecule has 268 valence electrons. The topological polar surface area (TPSA) is 38.9 Å². The Morgan fingerprint density at radius 3 is 1.65 bits per heavy atom. The third-order valence-electron chi connectivity index (χ3n) is 11.0. The van der Waals surface area contributed by atoms with Gasteiger partial charge in [0.15, 0.2) is 0 Å². The maximum absolute atomic E-state index is 6.25. The summed E-state index contributed by atoms with van der Waals surface area (Å²) in [4.78, 5) is 2.66. The zero-order chi connectivity index (χ0) is 35.3. The first-order valence-corrected chi connectivity index (χ1v) is 20.3. The van der Waals surface area contributed by atoms with E-state index in [2.05, 4.69) is 51.2 Å². The number of hydrogen-bond acceptors (Lipinski definition) is 3. The largest absolute Gasteiger partial charge is 0.303 e. The molecule has 1 saturated heterocycles. The number of alkyl halides is 1. The number of piperidine rings is 1. The Morgan fingerprint density at radius 2 is 1.14 bits per heavy atom. The van der Waals surface area contributed by atoms with Crippen LogP contribution in [0.25, 0.3) is 11.4 Å². The van der Waals surface area contributed by atoms with Crippen LogP contribution in [-0.2, 0) is 12.8 Å². The van der Waals surface area contributed by atoms with Crippen molar-refractivity contribution < 1.29 is 0 Å². The third-order valence-corrected chi connectivity index (χ3v) is 12.7. The average molecular weight is 784 g/mol. The quantitative estimate of drug-likeness (QED) is 0.147. The Morgan fingerprint density at radius 1 is 0.608 bits per heavy atom. The molecule has 2 aliphatic carbocycles. The molecule has 2 aromatic heterocycles. The molecule has 0 saturated carbocycles. The fourth-order valence-corrected chi connectivity index (χ4v) is 9.11. The van der Waals surface area contributed by atoms with Crippen LogP contribution in [0.15, 0.2) is 79.1 Å². The third kappa shape index (κ3) is 8.51. The van der Waals surface area contributed by atoms with Crippen LogP contribution in [0.1, 0.15) is 97.2 Å². The first kappa shape index (κ1) is 36.8. The second-order valence-electron chi connectivity index (χ2n) is 14.1. The lowest BCUT2D eigenvalue weighted by Gasteiger charge is -2.33. The lowest BCUT2D eigenvalue weighted by Crippen LogP contribution is -2.34. The number of nitrogens with zero attached hydrogens (tertiary/aromatic N) is 5. The predicted octanol–water partition coefficient (Wildman–Crippen LogP) is 12.1. The summed E-state index contributed by atoms with van der Waals surface area (Å²) in [5.74, 6) is 2.56. The first-order chi connectivity index (χ1) is 24.9. The number of benzene rings is 3. The van der Waals surface area contributed by atoms with Gasteiger partial charge in [0, 0.05) is 17.3 Å². The van der Waals surface area contributed by atoms with Gasteiger partial charge in [0.25, 0.3) is 0 Å². The van der Waals surface area contributed by atoms with Crippen LogP contribution >= 0.6 is 58.0 Å². The Hall–Kier alpha value is -2.51. The summed E-state index contributed by atoms with van der Waals surface area (Å²) in [6, 6.07) is 22.4. The van der Waals surface area contributed by atoms with Crippen molar-refractivity contribution in [2.45, 2.75) is 82.0 Å². The molecule has 1 aliphatic heterocycles. The van der Waals surface area contributed by atoms with Crippen LogP contribution in [0.2, 0.25) is 20.1 Å². The molecule has 0 amide bonds. The van der Waals surface area contributed by atoms with Crippen LogP contribution in [-0.4, -0.2) is 50.0 Å². The molecule has 5 nitrogen and oxygen atoms in total. The van der Waals surface area contributed by atoms with E-state index in [0.717, 1.165) is 36.6 Å². The molecular formula is C41H44Cl5N5. The molecule has 3 aliphatic rings. The van der Waals surface area contributed by atoms with Crippen molar-refractivity contribution >= 4 is 58.0 Å². The monoisotopic (exact) mass is 781 g/mol. The van der Waals surface area contributed by atoms with Gasteiger partial charge in [-0.2, -0.15) is 10.2 Å². The van der Waals surface area contributed by atoms with Gasteiger partial charge >= 0.3 is 0 Å². The maximum Gasteiger partial charge on any atom is 0.0664 e. The van der Waals surface area contributed by atoms with Crippen LogP contribution < -0.4 is 0 Å². The minimum atomic E-state index is 0.535. The van der Waals surface area contributed by atoms with Crippen molar-refractivity contribution in [2.24, 2.45) is 0 Å². The summed E-state index contributed by atoms with van der Waals surface area (Å²) < 4.78 is 4.05. The zero-order valence-corrected chi connectivity index (χ0v) is 32.5. The minimum Gasteiger partial charge on any atom is -0.303 e. The van der Waals surface area contributed by atoms with Gasteiger partial charge in [-0.25, -0.2) is 9.36 Å². The number of rotatable bonds is 8. The fourth-order valence-electron chi connectivity index (χ4n) is 8.26. The van der Waals surface area contributed by atoms with Gasteiger partial charge in [-0.3, -0.25) is 0 Å². The summed E-state index contributed by atoms with van der Waals surface area (Å²) >= 11 is 30.3. The Balaban J connectivity index is 0.000000175. The van der Waals surface area contributed by atoms with Crippen molar-refractivity contribution in [1.29, 1.82) is 0 Å². The molecule has 0 spiro atoms. The van der Waals surface area contributed by atoms with Crippen molar-refractivity contribution in [1.82, 2.24) is 24.5 Å². The number of hydrogen-bond donors (Lipinski definition) is 0. The molecule has 1 fully saturated rings. The Bertz CT molecular complexity index is 1910. The van der Waals surface area contributed by atoms with E-state index in [0.29, 0.717) is 37.8 Å². The normalized spacial score (nSPS) is 19.2. The van der Waals surface area contributed by atoms with Crippen molar-refractivity contribution in [3.8, 4) is 11.4 Å². The summed E-state index contributed by atoms with van der Waals surface area (Å²) in [5.41, 5.74) is 8.86. The molecule has 2 atom stereocenters. The van der Waals surface area contributed by atoms with E-state index >= 15 is 0 Å². The summed E-state index contributed by atoms with van der Waals surface area (Å²) in [6.07, 6.45) is 15.8. The molecule has 51 heavy (non-hydrogen) atoms. The second-order valence-corrected chi connectivity index (χ2v) is 16.1. The van der Waals surface area contributed by atoms with Crippen LogP contribution in [0, 0.1) is 0 Å². The van der Waals surface area contributed by atoms with Crippen molar-refractivity contribution in [3.63, 3.8) is 0 Å². The van der Waals surface area contributed by atoms with Gasteiger partial charge in [-0.1, -0.05) is 76.7 Å².